The Hall–Kier alpha value is -1.46. The van der Waals surface area contributed by atoms with E-state index in [4.69, 9.17) is 21.7 Å². The van der Waals surface area contributed by atoms with Crippen LogP contribution in [0, 0.1) is 11.3 Å². The summed E-state index contributed by atoms with van der Waals surface area (Å²) in [4.78, 5) is 2.31. The fourth-order valence-electron chi connectivity index (χ4n) is 1.05. The van der Waals surface area contributed by atoms with Crippen LogP contribution in [0.2, 0.25) is 0 Å². The zero-order chi connectivity index (χ0) is 12.5. The lowest BCUT2D eigenvalue weighted by molar-refractivity contribution is 0.147. The second-order valence-electron chi connectivity index (χ2n) is 2.65. The first-order valence-electron chi connectivity index (χ1n) is 3.70. The van der Waals surface area contributed by atoms with Gasteiger partial charge in [0.25, 0.3) is 15.5 Å². The van der Waals surface area contributed by atoms with Crippen LogP contribution in [0.25, 0.3) is 0 Å². The van der Waals surface area contributed by atoms with E-state index in [0.29, 0.717) is 6.20 Å². The summed E-state index contributed by atoms with van der Waals surface area (Å²) in [5, 5.41) is 8.63. The van der Waals surface area contributed by atoms with Crippen LogP contribution in [0.4, 0.5) is 14.6 Å². The Morgan fingerprint density at radius 1 is 1.56 bits per heavy atom. The lowest BCUT2D eigenvalue weighted by atomic mass is 10.2. The molecule has 0 saturated heterocycles. The first kappa shape index (κ1) is 12.6. The third-order valence-corrected chi connectivity index (χ3v) is 3.07. The summed E-state index contributed by atoms with van der Waals surface area (Å²) in [7, 11) is 0.474. The number of aromatic nitrogens is 1. The van der Waals surface area contributed by atoms with E-state index in [9.17, 15) is 17.2 Å². The zero-order valence-electron chi connectivity index (χ0n) is 7.49. The van der Waals surface area contributed by atoms with Crippen molar-refractivity contribution in [2.45, 2.75) is 11.3 Å². The first-order valence-corrected chi connectivity index (χ1v) is 6.01. The number of nitrogen functional groups attached to an aromatic ring is 1. The van der Waals surface area contributed by atoms with Gasteiger partial charge in [0.15, 0.2) is 0 Å². The number of anilines is 1. The molecule has 0 aliphatic carbocycles. The van der Waals surface area contributed by atoms with Crippen molar-refractivity contribution in [3.8, 4) is 6.07 Å². The van der Waals surface area contributed by atoms with Gasteiger partial charge in [-0.25, -0.2) is 22.2 Å². The molecule has 0 spiro atoms. The van der Waals surface area contributed by atoms with Crippen molar-refractivity contribution >= 4 is 25.6 Å². The lowest BCUT2D eigenvalue weighted by Crippen LogP contribution is -2.07. The number of halogens is 3. The van der Waals surface area contributed by atoms with E-state index in [0.717, 1.165) is 0 Å². The molecule has 1 aromatic rings. The third-order valence-electron chi connectivity index (χ3n) is 1.68. The molecule has 2 N–H and O–H groups in total. The normalized spacial score (nSPS) is 11.4. The number of pyridine rings is 1. The summed E-state index contributed by atoms with van der Waals surface area (Å²) in [6.45, 7) is 0. The monoisotopic (exact) mass is 267 g/mol. The molecule has 1 heterocycles. The van der Waals surface area contributed by atoms with Crippen LogP contribution in [0.15, 0.2) is 11.1 Å². The minimum atomic E-state index is -4.49. The highest BCUT2D eigenvalue weighted by molar-refractivity contribution is 8.13. The minimum Gasteiger partial charge on any atom is -0.383 e. The van der Waals surface area contributed by atoms with Gasteiger partial charge in [0, 0.05) is 16.9 Å². The van der Waals surface area contributed by atoms with E-state index in [1.165, 1.54) is 6.07 Å². The molecular weight excluding hydrogens is 264 g/mol. The molecular formula is C7H4ClF2N3O2S. The van der Waals surface area contributed by atoms with E-state index < -0.39 is 37.3 Å². The Labute approximate surface area is 93.9 Å². The van der Waals surface area contributed by atoms with Crippen molar-refractivity contribution < 1.29 is 17.2 Å². The van der Waals surface area contributed by atoms with Gasteiger partial charge in [-0.15, -0.1) is 0 Å². The molecule has 0 unspecified atom stereocenters. The molecule has 1 rings (SSSR count). The first-order chi connectivity index (χ1) is 7.29. The number of rotatable bonds is 2. The number of nitriles is 1. The van der Waals surface area contributed by atoms with E-state index in [-0.39, 0.29) is 0 Å². The maximum absolute atomic E-state index is 12.5. The average Bonchev–Trinajstić information content (AvgIpc) is 2.15. The van der Waals surface area contributed by atoms with E-state index >= 15 is 0 Å². The van der Waals surface area contributed by atoms with Crippen LogP contribution in [0.5, 0.6) is 0 Å². The summed E-state index contributed by atoms with van der Waals surface area (Å²) in [6.07, 6.45) is -2.54. The van der Waals surface area contributed by atoms with Gasteiger partial charge in [-0.1, -0.05) is 0 Å². The molecule has 0 aliphatic rings. The Bertz CT molecular complexity index is 568. The number of hydrogen-bond acceptors (Lipinski definition) is 5. The fraction of sp³-hybridized carbons (Fsp3) is 0.143. The van der Waals surface area contributed by atoms with Gasteiger partial charge in [0.05, 0.1) is 5.56 Å². The van der Waals surface area contributed by atoms with Gasteiger partial charge in [-0.05, 0) is 0 Å². The number of alkyl halides is 2. The van der Waals surface area contributed by atoms with Crippen LogP contribution in [0.1, 0.15) is 17.6 Å². The van der Waals surface area contributed by atoms with E-state index in [1.807, 2.05) is 0 Å². The smallest absolute Gasteiger partial charge is 0.266 e. The van der Waals surface area contributed by atoms with Gasteiger partial charge >= 0.3 is 0 Å². The van der Waals surface area contributed by atoms with E-state index in [1.54, 1.807) is 0 Å². The number of nitrogens with two attached hydrogens (primary N) is 1. The Morgan fingerprint density at radius 3 is 2.50 bits per heavy atom. The van der Waals surface area contributed by atoms with Gasteiger partial charge in [0.2, 0.25) is 0 Å². The van der Waals surface area contributed by atoms with Crippen molar-refractivity contribution in [1.82, 2.24) is 4.98 Å². The minimum absolute atomic E-state index is 0.467. The number of hydrogen-bond donors (Lipinski definition) is 1. The van der Waals surface area contributed by atoms with Crippen LogP contribution >= 0.6 is 10.7 Å². The predicted molar refractivity (Wildman–Crippen MR) is 51.4 cm³/mol. The van der Waals surface area contributed by atoms with Crippen molar-refractivity contribution in [3.05, 3.63) is 17.3 Å². The summed E-state index contributed by atoms with van der Waals surface area (Å²) >= 11 is 0. The maximum atomic E-state index is 12.5. The van der Waals surface area contributed by atoms with Crippen molar-refractivity contribution in [2.75, 3.05) is 5.73 Å². The van der Waals surface area contributed by atoms with Gasteiger partial charge in [0.1, 0.15) is 22.3 Å². The SMILES string of the molecule is N#Cc1c(N)ncc(C(F)F)c1S(=O)(=O)Cl. The molecule has 9 heteroatoms. The molecule has 0 radical (unpaired) electrons. The van der Waals surface area contributed by atoms with Crippen LogP contribution in [-0.2, 0) is 9.05 Å². The largest absolute Gasteiger partial charge is 0.383 e. The molecule has 16 heavy (non-hydrogen) atoms. The molecule has 1 aromatic heterocycles. The van der Waals surface area contributed by atoms with Gasteiger partial charge in [-0.3, -0.25) is 0 Å². The topological polar surface area (TPSA) is 96.8 Å². The molecule has 0 atom stereocenters. The fourth-order valence-corrected chi connectivity index (χ4v) is 2.37. The summed E-state index contributed by atoms with van der Waals surface area (Å²) in [5.74, 6) is -0.467. The third kappa shape index (κ3) is 2.20. The molecule has 0 fully saturated rings. The summed E-state index contributed by atoms with van der Waals surface area (Å²) in [6, 6.07) is 1.38. The maximum Gasteiger partial charge on any atom is 0.266 e. The molecule has 0 aliphatic heterocycles. The van der Waals surface area contributed by atoms with Crippen LogP contribution in [-0.4, -0.2) is 13.4 Å². The Morgan fingerprint density at radius 2 is 2.12 bits per heavy atom. The predicted octanol–water partition coefficient (Wildman–Crippen LogP) is 1.40. The molecule has 0 bridgehead atoms. The van der Waals surface area contributed by atoms with Crippen molar-refractivity contribution in [1.29, 1.82) is 5.26 Å². The highest BCUT2D eigenvalue weighted by atomic mass is 35.7. The quantitative estimate of drug-likeness (QED) is 0.817. The molecule has 5 nitrogen and oxygen atoms in total. The Balaban J connectivity index is 3.77. The van der Waals surface area contributed by atoms with Crippen molar-refractivity contribution in [2.24, 2.45) is 0 Å². The highest BCUT2D eigenvalue weighted by Crippen LogP contribution is 2.32. The zero-order valence-corrected chi connectivity index (χ0v) is 9.06. The van der Waals surface area contributed by atoms with Crippen LogP contribution in [0.3, 0.4) is 0 Å². The second kappa shape index (κ2) is 4.19. The molecule has 86 valence electrons. The summed E-state index contributed by atoms with van der Waals surface area (Å²) < 4.78 is 47.2. The average molecular weight is 268 g/mol. The molecule has 0 amide bonds. The molecule has 0 aromatic carbocycles. The lowest BCUT2D eigenvalue weighted by Gasteiger charge is -2.08. The molecule has 0 saturated carbocycles. The van der Waals surface area contributed by atoms with E-state index in [2.05, 4.69) is 4.98 Å². The highest BCUT2D eigenvalue weighted by Gasteiger charge is 2.27. The summed E-state index contributed by atoms with van der Waals surface area (Å²) in [5.41, 5.74) is 3.58. The standard InChI is InChI=1S/C7H4ClF2N3O2S/c8-16(14,15)5-3(1-11)7(12)13-2-4(5)6(9)10/h2,6H,(H2,12,13). The van der Waals surface area contributed by atoms with Crippen LogP contribution < -0.4 is 5.73 Å². The Kier molecular flexibility index (Phi) is 3.30. The van der Waals surface area contributed by atoms with Gasteiger partial charge < -0.3 is 5.73 Å². The van der Waals surface area contributed by atoms with Crippen molar-refractivity contribution in [3.63, 3.8) is 0 Å². The second-order valence-corrected chi connectivity index (χ2v) is 5.16. The number of nitrogens with zero attached hydrogens (tertiary/aromatic N) is 2. The van der Waals surface area contributed by atoms with Gasteiger partial charge in [-0.2, -0.15) is 5.26 Å².